The lowest BCUT2D eigenvalue weighted by molar-refractivity contribution is -0.165. The van der Waals surface area contributed by atoms with Gasteiger partial charge in [-0.25, -0.2) is 0 Å². The molecule has 15 heavy (non-hydrogen) atoms. The molecule has 4 unspecified atom stereocenters. The second-order valence-corrected chi connectivity index (χ2v) is 4.86. The topological polar surface area (TPSA) is 47.7 Å². The lowest BCUT2D eigenvalue weighted by atomic mass is 9.68. The number of nitrogens with two attached hydrogens (primary N) is 1. The van der Waals surface area contributed by atoms with Crippen molar-refractivity contribution >= 4 is 0 Å². The molecule has 0 bridgehead atoms. The molecule has 0 aromatic heterocycles. The number of fused-ring (bicyclic) bond motifs is 1. The maximum atomic E-state index is 6.25. The first-order valence-corrected chi connectivity index (χ1v) is 6.07. The number of hydrogen-bond acceptors (Lipinski definition) is 4. The van der Waals surface area contributed by atoms with Crippen LogP contribution in [0.4, 0.5) is 0 Å². The Balaban J connectivity index is 1.65. The number of ether oxygens (including phenoxy) is 2. The summed E-state index contributed by atoms with van der Waals surface area (Å²) in [6.45, 7) is 4.66. The molecular weight excluding hydrogens is 192 g/mol. The first-order chi connectivity index (χ1) is 7.38. The van der Waals surface area contributed by atoms with Crippen LogP contribution in [-0.2, 0) is 9.47 Å². The van der Waals surface area contributed by atoms with E-state index < -0.39 is 0 Å². The average Bonchev–Trinajstić information content (AvgIpc) is 2.30. The van der Waals surface area contributed by atoms with Gasteiger partial charge in [0.15, 0.2) is 0 Å². The maximum Gasteiger partial charge on any atom is 0.0788 e. The summed E-state index contributed by atoms with van der Waals surface area (Å²) in [5.74, 6) is 0.617. The van der Waals surface area contributed by atoms with Gasteiger partial charge in [-0.1, -0.05) is 0 Å². The number of nitrogens with zero attached hydrogens (tertiary/aromatic N) is 1. The molecule has 3 fully saturated rings. The van der Waals surface area contributed by atoms with E-state index in [2.05, 4.69) is 4.90 Å². The van der Waals surface area contributed by atoms with Crippen molar-refractivity contribution < 1.29 is 9.47 Å². The van der Waals surface area contributed by atoms with Crippen molar-refractivity contribution in [1.82, 2.24) is 4.90 Å². The normalized spacial score (nSPS) is 47.0. The summed E-state index contributed by atoms with van der Waals surface area (Å²) < 4.78 is 11.2. The molecule has 4 heteroatoms. The van der Waals surface area contributed by atoms with Crippen LogP contribution in [0.25, 0.3) is 0 Å². The highest BCUT2D eigenvalue weighted by atomic mass is 16.5. The first kappa shape index (κ1) is 10.0. The van der Waals surface area contributed by atoms with Crippen molar-refractivity contribution in [1.29, 1.82) is 0 Å². The molecule has 86 valence electrons. The second kappa shape index (κ2) is 4.01. The van der Waals surface area contributed by atoms with E-state index in [0.717, 1.165) is 32.9 Å². The van der Waals surface area contributed by atoms with Gasteiger partial charge in [-0.15, -0.1) is 0 Å². The van der Waals surface area contributed by atoms with Gasteiger partial charge in [-0.05, 0) is 12.8 Å². The minimum atomic E-state index is 0.327. The van der Waals surface area contributed by atoms with E-state index in [1.807, 2.05) is 0 Å². The van der Waals surface area contributed by atoms with Crippen LogP contribution in [-0.4, -0.2) is 56.0 Å². The molecule has 4 nitrogen and oxygen atoms in total. The van der Waals surface area contributed by atoms with Gasteiger partial charge in [0.1, 0.15) is 0 Å². The second-order valence-electron chi connectivity index (χ2n) is 4.86. The summed E-state index contributed by atoms with van der Waals surface area (Å²) in [6.07, 6.45) is 2.85. The summed E-state index contributed by atoms with van der Waals surface area (Å²) in [7, 11) is 0. The van der Waals surface area contributed by atoms with Crippen molar-refractivity contribution in [2.75, 3.05) is 32.9 Å². The average molecular weight is 212 g/mol. The highest BCUT2D eigenvalue weighted by Crippen LogP contribution is 2.39. The van der Waals surface area contributed by atoms with Crippen LogP contribution in [0.5, 0.6) is 0 Å². The van der Waals surface area contributed by atoms with Crippen molar-refractivity contribution in [3.63, 3.8) is 0 Å². The zero-order chi connectivity index (χ0) is 10.3. The van der Waals surface area contributed by atoms with E-state index in [1.165, 1.54) is 12.8 Å². The standard InChI is InChI=1S/C11H20N2O2/c12-9-8-2-1-5-15-11(8)10(9)13-3-6-14-7-4-13/h8-11H,1-7,12H2. The summed E-state index contributed by atoms with van der Waals surface area (Å²) >= 11 is 0. The molecule has 1 aliphatic carbocycles. The van der Waals surface area contributed by atoms with Gasteiger partial charge in [0.25, 0.3) is 0 Å². The van der Waals surface area contributed by atoms with E-state index in [-0.39, 0.29) is 0 Å². The van der Waals surface area contributed by atoms with Gasteiger partial charge in [-0.3, -0.25) is 4.90 Å². The summed E-state index contributed by atoms with van der Waals surface area (Å²) in [4.78, 5) is 2.46. The third-order valence-corrected chi connectivity index (χ3v) is 4.11. The molecule has 2 heterocycles. The highest BCUT2D eigenvalue weighted by Gasteiger charge is 2.52. The van der Waals surface area contributed by atoms with Gasteiger partial charge in [0, 0.05) is 31.7 Å². The minimum Gasteiger partial charge on any atom is -0.379 e. The van der Waals surface area contributed by atoms with Crippen LogP contribution in [0, 0.1) is 5.92 Å². The monoisotopic (exact) mass is 212 g/mol. The van der Waals surface area contributed by atoms with Crippen LogP contribution in [0.2, 0.25) is 0 Å². The van der Waals surface area contributed by atoms with E-state index in [1.54, 1.807) is 0 Å². The van der Waals surface area contributed by atoms with Crippen LogP contribution < -0.4 is 5.73 Å². The van der Waals surface area contributed by atoms with Crippen LogP contribution in [0.1, 0.15) is 12.8 Å². The van der Waals surface area contributed by atoms with Crippen molar-refractivity contribution in [3.8, 4) is 0 Å². The highest BCUT2D eigenvalue weighted by molar-refractivity contribution is 5.08. The van der Waals surface area contributed by atoms with Crippen molar-refractivity contribution in [2.45, 2.75) is 31.0 Å². The fourth-order valence-electron chi connectivity index (χ4n) is 3.24. The molecule has 3 rings (SSSR count). The Morgan fingerprint density at radius 3 is 2.73 bits per heavy atom. The fourth-order valence-corrected chi connectivity index (χ4v) is 3.24. The maximum absolute atomic E-state index is 6.25. The third-order valence-electron chi connectivity index (χ3n) is 4.11. The van der Waals surface area contributed by atoms with Gasteiger partial charge in [0.2, 0.25) is 0 Å². The Kier molecular flexibility index (Phi) is 2.68. The largest absolute Gasteiger partial charge is 0.379 e. The lowest BCUT2D eigenvalue weighted by Gasteiger charge is -2.56. The Morgan fingerprint density at radius 1 is 1.13 bits per heavy atom. The van der Waals surface area contributed by atoms with Gasteiger partial charge >= 0.3 is 0 Å². The zero-order valence-corrected chi connectivity index (χ0v) is 9.10. The molecule has 3 aliphatic rings. The van der Waals surface area contributed by atoms with Crippen LogP contribution in [0.3, 0.4) is 0 Å². The lowest BCUT2D eigenvalue weighted by Crippen LogP contribution is -2.73. The molecule has 2 saturated heterocycles. The molecule has 1 saturated carbocycles. The van der Waals surface area contributed by atoms with Crippen molar-refractivity contribution in [3.05, 3.63) is 0 Å². The van der Waals surface area contributed by atoms with Crippen molar-refractivity contribution in [2.24, 2.45) is 11.7 Å². The molecule has 0 amide bonds. The predicted octanol–water partition coefficient (Wildman–Crippen LogP) is -0.177. The molecule has 4 atom stereocenters. The number of morpholine rings is 1. The van der Waals surface area contributed by atoms with Gasteiger partial charge < -0.3 is 15.2 Å². The van der Waals surface area contributed by atoms with E-state index in [4.69, 9.17) is 15.2 Å². The smallest absolute Gasteiger partial charge is 0.0788 e. The number of hydrogen-bond donors (Lipinski definition) is 1. The Bertz CT molecular complexity index is 223. The Morgan fingerprint density at radius 2 is 1.93 bits per heavy atom. The SMILES string of the molecule is NC1C2CCCOC2C1N1CCOCC1. The first-order valence-electron chi connectivity index (χ1n) is 6.07. The number of rotatable bonds is 1. The zero-order valence-electron chi connectivity index (χ0n) is 9.10. The summed E-state index contributed by atoms with van der Waals surface area (Å²) in [6, 6.07) is 0.785. The third kappa shape index (κ3) is 1.60. The van der Waals surface area contributed by atoms with Gasteiger partial charge in [0.05, 0.1) is 25.4 Å². The summed E-state index contributed by atoms with van der Waals surface area (Å²) in [5, 5.41) is 0. The Hall–Kier alpha value is -0.160. The quantitative estimate of drug-likeness (QED) is 0.655. The Labute approximate surface area is 90.7 Å². The molecule has 0 spiro atoms. The molecule has 2 aliphatic heterocycles. The predicted molar refractivity (Wildman–Crippen MR) is 56.6 cm³/mol. The molecule has 0 aromatic rings. The van der Waals surface area contributed by atoms with Crippen LogP contribution >= 0.6 is 0 Å². The summed E-state index contributed by atoms with van der Waals surface area (Å²) in [5.41, 5.74) is 6.25. The minimum absolute atomic E-state index is 0.327. The fraction of sp³-hybridized carbons (Fsp3) is 1.00. The van der Waals surface area contributed by atoms with E-state index in [0.29, 0.717) is 24.1 Å². The molecular formula is C11H20N2O2. The van der Waals surface area contributed by atoms with E-state index >= 15 is 0 Å². The molecule has 2 N–H and O–H groups in total. The molecule has 0 aromatic carbocycles. The van der Waals surface area contributed by atoms with E-state index in [9.17, 15) is 0 Å². The van der Waals surface area contributed by atoms with Gasteiger partial charge in [-0.2, -0.15) is 0 Å². The molecule has 0 radical (unpaired) electrons. The van der Waals surface area contributed by atoms with Crippen LogP contribution in [0.15, 0.2) is 0 Å².